The van der Waals surface area contributed by atoms with Crippen molar-refractivity contribution in [1.82, 2.24) is 4.98 Å². The van der Waals surface area contributed by atoms with Gasteiger partial charge in [0.25, 0.3) is 0 Å². The summed E-state index contributed by atoms with van der Waals surface area (Å²) in [5, 5.41) is 3.43. The Labute approximate surface area is 98.2 Å². The molecule has 1 atom stereocenters. The summed E-state index contributed by atoms with van der Waals surface area (Å²) in [7, 11) is 0. The monoisotopic (exact) mass is 222 g/mol. The number of pyridine rings is 1. The van der Waals surface area contributed by atoms with Crippen LogP contribution in [0, 0.1) is 0 Å². The van der Waals surface area contributed by atoms with Crippen LogP contribution in [0.15, 0.2) is 18.3 Å². The quantitative estimate of drug-likeness (QED) is 0.800. The molecular formula is C13H22N2O. The molecule has 0 saturated carbocycles. The van der Waals surface area contributed by atoms with Gasteiger partial charge in [-0.1, -0.05) is 13.3 Å². The lowest BCUT2D eigenvalue weighted by Gasteiger charge is -2.18. The van der Waals surface area contributed by atoms with E-state index in [9.17, 15) is 0 Å². The van der Waals surface area contributed by atoms with Crippen molar-refractivity contribution in [2.75, 3.05) is 5.32 Å². The molecule has 1 aromatic heterocycles. The minimum absolute atomic E-state index is 0.150. The Morgan fingerprint density at radius 1 is 1.38 bits per heavy atom. The van der Waals surface area contributed by atoms with Crippen molar-refractivity contribution in [3.05, 3.63) is 18.3 Å². The second-order valence-electron chi connectivity index (χ2n) is 4.36. The molecule has 1 rings (SSSR count). The van der Waals surface area contributed by atoms with E-state index in [0.29, 0.717) is 11.9 Å². The first-order chi connectivity index (χ1) is 7.63. The average molecular weight is 222 g/mol. The van der Waals surface area contributed by atoms with Crippen molar-refractivity contribution in [1.29, 1.82) is 0 Å². The molecule has 0 fully saturated rings. The van der Waals surface area contributed by atoms with Gasteiger partial charge in [0.2, 0.25) is 5.88 Å². The van der Waals surface area contributed by atoms with Crippen molar-refractivity contribution in [2.24, 2.45) is 0 Å². The second-order valence-corrected chi connectivity index (χ2v) is 4.36. The number of hydrogen-bond acceptors (Lipinski definition) is 3. The lowest BCUT2D eigenvalue weighted by molar-refractivity contribution is 0.234. The fourth-order valence-corrected chi connectivity index (χ4v) is 1.59. The Morgan fingerprint density at radius 3 is 2.75 bits per heavy atom. The van der Waals surface area contributed by atoms with Crippen molar-refractivity contribution in [2.45, 2.75) is 52.7 Å². The summed E-state index contributed by atoms with van der Waals surface area (Å²) < 4.78 is 5.65. The molecule has 0 aliphatic heterocycles. The molecule has 90 valence electrons. The van der Waals surface area contributed by atoms with E-state index in [4.69, 9.17) is 4.74 Å². The van der Waals surface area contributed by atoms with Gasteiger partial charge in [0.05, 0.1) is 11.8 Å². The zero-order chi connectivity index (χ0) is 12.0. The van der Waals surface area contributed by atoms with E-state index in [1.807, 2.05) is 26.0 Å². The summed E-state index contributed by atoms with van der Waals surface area (Å²) in [6, 6.07) is 4.38. The molecule has 16 heavy (non-hydrogen) atoms. The second kappa shape index (κ2) is 6.36. The van der Waals surface area contributed by atoms with Gasteiger partial charge in [-0.2, -0.15) is 0 Å². The maximum absolute atomic E-state index is 5.65. The van der Waals surface area contributed by atoms with Gasteiger partial charge >= 0.3 is 0 Å². The lowest BCUT2D eigenvalue weighted by atomic mass is 10.2. The number of aromatic nitrogens is 1. The number of nitrogens with zero attached hydrogens (tertiary/aromatic N) is 1. The van der Waals surface area contributed by atoms with E-state index in [1.54, 1.807) is 6.20 Å². The summed E-state index contributed by atoms with van der Waals surface area (Å²) in [5.41, 5.74) is 0.983. The smallest absolute Gasteiger partial charge is 0.237 e. The van der Waals surface area contributed by atoms with Crippen molar-refractivity contribution in [3.8, 4) is 5.88 Å². The molecule has 0 bridgehead atoms. The third kappa shape index (κ3) is 4.09. The van der Waals surface area contributed by atoms with E-state index in [1.165, 1.54) is 6.42 Å². The molecule has 0 aliphatic rings. The Balaban J connectivity index is 2.70. The van der Waals surface area contributed by atoms with Gasteiger partial charge in [-0.3, -0.25) is 0 Å². The molecule has 0 aliphatic carbocycles. The zero-order valence-corrected chi connectivity index (χ0v) is 10.7. The Hall–Kier alpha value is -1.25. The van der Waals surface area contributed by atoms with Crippen LogP contribution in [0.3, 0.4) is 0 Å². The first kappa shape index (κ1) is 12.8. The molecule has 0 spiro atoms. The van der Waals surface area contributed by atoms with E-state index in [2.05, 4.69) is 24.1 Å². The summed E-state index contributed by atoms with van der Waals surface area (Å²) in [6.07, 6.45) is 4.23. The van der Waals surface area contributed by atoms with E-state index in [-0.39, 0.29) is 6.10 Å². The average Bonchev–Trinajstić information content (AvgIpc) is 2.20. The van der Waals surface area contributed by atoms with Gasteiger partial charge in [0, 0.05) is 12.2 Å². The predicted octanol–water partition coefficient (Wildman–Crippen LogP) is 3.47. The molecule has 3 heteroatoms. The number of ether oxygens (including phenoxy) is 1. The summed E-state index contributed by atoms with van der Waals surface area (Å²) >= 11 is 0. The van der Waals surface area contributed by atoms with Crippen LogP contribution in [-0.2, 0) is 0 Å². The Kier molecular flexibility index (Phi) is 5.09. The van der Waals surface area contributed by atoms with Crippen LogP contribution in [0.2, 0.25) is 0 Å². The van der Waals surface area contributed by atoms with E-state index in [0.717, 1.165) is 12.1 Å². The van der Waals surface area contributed by atoms with Gasteiger partial charge in [-0.05, 0) is 39.3 Å². The zero-order valence-electron chi connectivity index (χ0n) is 10.7. The number of nitrogens with one attached hydrogen (secondary N) is 1. The maximum atomic E-state index is 5.65. The van der Waals surface area contributed by atoms with E-state index >= 15 is 0 Å². The third-order valence-electron chi connectivity index (χ3n) is 2.24. The molecule has 0 radical (unpaired) electrons. The standard InChI is InChI=1S/C13H22N2O/c1-5-7-11(4)15-12-8-6-9-14-13(12)16-10(2)3/h6,8-11,15H,5,7H2,1-4H3. The maximum Gasteiger partial charge on any atom is 0.237 e. The minimum atomic E-state index is 0.150. The van der Waals surface area contributed by atoms with Crippen LogP contribution in [-0.4, -0.2) is 17.1 Å². The molecule has 1 unspecified atom stereocenters. The summed E-state index contributed by atoms with van der Waals surface area (Å²) in [4.78, 5) is 4.25. The van der Waals surface area contributed by atoms with E-state index < -0.39 is 0 Å². The van der Waals surface area contributed by atoms with Crippen LogP contribution in [0.25, 0.3) is 0 Å². The minimum Gasteiger partial charge on any atom is -0.473 e. The number of hydrogen-bond donors (Lipinski definition) is 1. The highest BCUT2D eigenvalue weighted by molar-refractivity contribution is 5.52. The fraction of sp³-hybridized carbons (Fsp3) is 0.615. The fourth-order valence-electron chi connectivity index (χ4n) is 1.59. The molecule has 0 aromatic carbocycles. The highest BCUT2D eigenvalue weighted by Gasteiger charge is 2.08. The highest BCUT2D eigenvalue weighted by atomic mass is 16.5. The number of rotatable bonds is 6. The molecule has 1 heterocycles. The Morgan fingerprint density at radius 2 is 2.12 bits per heavy atom. The Bertz CT molecular complexity index is 313. The van der Waals surface area contributed by atoms with Gasteiger partial charge in [-0.15, -0.1) is 0 Å². The van der Waals surface area contributed by atoms with Crippen LogP contribution < -0.4 is 10.1 Å². The molecule has 1 aromatic rings. The molecular weight excluding hydrogens is 200 g/mol. The predicted molar refractivity (Wildman–Crippen MR) is 68.0 cm³/mol. The SMILES string of the molecule is CCCC(C)Nc1cccnc1OC(C)C. The van der Waals surface area contributed by atoms with Gasteiger partial charge in [0.1, 0.15) is 0 Å². The summed E-state index contributed by atoms with van der Waals surface area (Å²) in [6.45, 7) is 8.38. The third-order valence-corrected chi connectivity index (χ3v) is 2.24. The van der Waals surface area contributed by atoms with Crippen molar-refractivity contribution >= 4 is 5.69 Å². The molecule has 3 nitrogen and oxygen atoms in total. The van der Waals surface area contributed by atoms with Crippen molar-refractivity contribution < 1.29 is 4.74 Å². The lowest BCUT2D eigenvalue weighted by Crippen LogP contribution is -2.17. The van der Waals surface area contributed by atoms with Crippen LogP contribution in [0.1, 0.15) is 40.5 Å². The van der Waals surface area contributed by atoms with Crippen LogP contribution in [0.4, 0.5) is 5.69 Å². The molecule has 0 saturated heterocycles. The van der Waals surface area contributed by atoms with Gasteiger partial charge in [0.15, 0.2) is 0 Å². The summed E-state index contributed by atoms with van der Waals surface area (Å²) in [5.74, 6) is 0.695. The first-order valence-corrected chi connectivity index (χ1v) is 6.01. The molecule has 0 amide bonds. The van der Waals surface area contributed by atoms with Crippen LogP contribution in [0.5, 0.6) is 5.88 Å². The van der Waals surface area contributed by atoms with Gasteiger partial charge < -0.3 is 10.1 Å². The topological polar surface area (TPSA) is 34.2 Å². The van der Waals surface area contributed by atoms with Crippen LogP contribution >= 0.6 is 0 Å². The normalized spacial score (nSPS) is 12.6. The molecule has 1 N–H and O–H groups in total. The van der Waals surface area contributed by atoms with Gasteiger partial charge in [-0.25, -0.2) is 4.98 Å². The first-order valence-electron chi connectivity index (χ1n) is 6.01. The largest absolute Gasteiger partial charge is 0.473 e. The number of anilines is 1. The highest BCUT2D eigenvalue weighted by Crippen LogP contribution is 2.23. The van der Waals surface area contributed by atoms with Crippen molar-refractivity contribution in [3.63, 3.8) is 0 Å².